The van der Waals surface area contributed by atoms with E-state index in [1.54, 1.807) is 0 Å². The Bertz CT molecular complexity index is 539. The third-order valence-electron chi connectivity index (χ3n) is 4.40. The second-order valence-corrected chi connectivity index (χ2v) is 5.90. The molecule has 2 N–H and O–H groups in total. The van der Waals surface area contributed by atoms with Crippen LogP contribution < -0.4 is 10.7 Å². The molecule has 0 amide bonds. The van der Waals surface area contributed by atoms with Crippen LogP contribution in [0.25, 0.3) is 0 Å². The molecule has 1 aromatic rings. The molecule has 0 unspecified atom stereocenters. The van der Waals surface area contributed by atoms with Crippen LogP contribution in [-0.4, -0.2) is 52.2 Å². The molecule has 3 rings (SSSR count). The highest BCUT2D eigenvalue weighted by Crippen LogP contribution is 2.29. The zero-order valence-electron chi connectivity index (χ0n) is 13.1. The minimum Gasteiger partial charge on any atom is -0.379 e. The molecule has 9 heteroatoms. The van der Waals surface area contributed by atoms with Gasteiger partial charge in [-0.15, -0.1) is 0 Å². The number of ether oxygens (including phenoxy) is 1. The number of hydrazine groups is 1. The van der Waals surface area contributed by atoms with E-state index in [1.807, 2.05) is 0 Å². The van der Waals surface area contributed by atoms with E-state index in [1.165, 1.54) is 25.5 Å². The number of nitrogens with two attached hydrogens (primary N) is 1. The Balaban J connectivity index is 1.90. The van der Waals surface area contributed by atoms with Crippen LogP contribution >= 0.6 is 0 Å². The Hall–Kier alpha value is -2.00. The van der Waals surface area contributed by atoms with Crippen LogP contribution in [0.3, 0.4) is 0 Å². The average molecular weight is 322 g/mol. The molecule has 1 saturated carbocycles. The van der Waals surface area contributed by atoms with E-state index >= 15 is 0 Å². The van der Waals surface area contributed by atoms with E-state index in [9.17, 15) is 10.1 Å². The Morgan fingerprint density at radius 3 is 2.61 bits per heavy atom. The number of hydrogen-bond acceptors (Lipinski definition) is 8. The van der Waals surface area contributed by atoms with Crippen molar-refractivity contribution >= 4 is 17.5 Å². The summed E-state index contributed by atoms with van der Waals surface area (Å²) in [6, 6.07) is 0.308. The molecule has 23 heavy (non-hydrogen) atoms. The first-order chi connectivity index (χ1) is 11.2. The Kier molecular flexibility index (Phi) is 4.87. The van der Waals surface area contributed by atoms with E-state index in [0.717, 1.165) is 25.9 Å². The molecule has 2 fully saturated rings. The third kappa shape index (κ3) is 3.50. The van der Waals surface area contributed by atoms with Crippen LogP contribution in [0.2, 0.25) is 0 Å². The van der Waals surface area contributed by atoms with Crippen LogP contribution in [0.1, 0.15) is 32.1 Å². The third-order valence-corrected chi connectivity index (χ3v) is 4.40. The fourth-order valence-corrected chi connectivity index (χ4v) is 3.25. The molecule has 1 saturated heterocycles. The highest BCUT2D eigenvalue weighted by Gasteiger charge is 2.30. The minimum absolute atomic E-state index is 0.0888. The molecular weight excluding hydrogens is 300 g/mol. The molecule has 0 atom stereocenters. The fraction of sp³-hybridized carbons (Fsp3) is 0.714. The summed E-state index contributed by atoms with van der Waals surface area (Å²) in [5.41, 5.74) is 5.51. The maximum Gasteiger partial charge on any atom is 0.329 e. The Morgan fingerprint density at radius 2 is 2.00 bits per heavy atom. The number of rotatable bonds is 4. The first kappa shape index (κ1) is 15.9. The fourth-order valence-electron chi connectivity index (χ4n) is 3.25. The van der Waals surface area contributed by atoms with E-state index < -0.39 is 4.92 Å². The molecule has 1 aliphatic carbocycles. The quantitative estimate of drug-likeness (QED) is 0.653. The van der Waals surface area contributed by atoms with Gasteiger partial charge < -0.3 is 10.5 Å². The van der Waals surface area contributed by atoms with E-state index in [-0.39, 0.29) is 11.5 Å². The maximum atomic E-state index is 10.9. The summed E-state index contributed by atoms with van der Waals surface area (Å²) in [6.45, 7) is 2.84. The summed E-state index contributed by atoms with van der Waals surface area (Å²) in [5, 5.41) is 15.2. The van der Waals surface area contributed by atoms with Gasteiger partial charge in [0.1, 0.15) is 6.20 Å². The van der Waals surface area contributed by atoms with Gasteiger partial charge >= 0.3 is 5.69 Å². The summed E-state index contributed by atoms with van der Waals surface area (Å²) in [5.74, 6) is 0.357. The van der Waals surface area contributed by atoms with Crippen molar-refractivity contribution in [1.82, 2.24) is 15.0 Å². The number of nitro groups is 1. The SMILES string of the molecule is Nc1nc(N(C2CCCCC2)N2CCOCC2)ncc1[N+](=O)[O-]. The van der Waals surface area contributed by atoms with Crippen molar-refractivity contribution in [1.29, 1.82) is 0 Å². The number of morpholine rings is 1. The lowest BCUT2D eigenvalue weighted by Gasteiger charge is -2.43. The first-order valence-electron chi connectivity index (χ1n) is 8.05. The largest absolute Gasteiger partial charge is 0.379 e. The zero-order chi connectivity index (χ0) is 16.2. The molecule has 1 aromatic heterocycles. The highest BCUT2D eigenvalue weighted by atomic mass is 16.6. The number of aromatic nitrogens is 2. The van der Waals surface area contributed by atoms with Gasteiger partial charge in [-0.05, 0) is 12.8 Å². The van der Waals surface area contributed by atoms with Gasteiger partial charge in [-0.3, -0.25) is 15.1 Å². The van der Waals surface area contributed by atoms with Crippen LogP contribution in [0.15, 0.2) is 6.20 Å². The number of hydrogen-bond donors (Lipinski definition) is 1. The van der Waals surface area contributed by atoms with Crippen LogP contribution in [-0.2, 0) is 4.74 Å². The molecule has 0 spiro atoms. The topological polar surface area (TPSA) is 111 Å². The van der Waals surface area contributed by atoms with Crippen LogP contribution in [0.5, 0.6) is 0 Å². The van der Waals surface area contributed by atoms with Crippen LogP contribution in [0, 0.1) is 10.1 Å². The molecule has 1 aliphatic heterocycles. The summed E-state index contributed by atoms with van der Waals surface area (Å²) >= 11 is 0. The number of nitrogen functional groups attached to an aromatic ring is 1. The Labute approximate surface area is 134 Å². The van der Waals surface area contributed by atoms with Gasteiger partial charge in [-0.25, -0.2) is 9.99 Å². The van der Waals surface area contributed by atoms with Gasteiger partial charge in [0.2, 0.25) is 11.8 Å². The molecule has 0 radical (unpaired) electrons. The highest BCUT2D eigenvalue weighted by molar-refractivity contribution is 5.53. The predicted molar refractivity (Wildman–Crippen MR) is 84.8 cm³/mol. The lowest BCUT2D eigenvalue weighted by atomic mass is 9.95. The standard InChI is InChI=1S/C14H22N6O3/c15-13-12(20(21)22)10-16-14(17-13)19(11-4-2-1-3-5-11)18-6-8-23-9-7-18/h10-11H,1-9H2,(H2,15,16,17). The van der Waals surface area contributed by atoms with Crippen molar-refractivity contribution in [2.75, 3.05) is 37.0 Å². The van der Waals surface area contributed by atoms with Gasteiger partial charge in [0.25, 0.3) is 0 Å². The average Bonchev–Trinajstić information content (AvgIpc) is 2.57. The van der Waals surface area contributed by atoms with Gasteiger partial charge in [0, 0.05) is 19.1 Å². The van der Waals surface area contributed by atoms with Crippen molar-refractivity contribution in [3.05, 3.63) is 16.3 Å². The summed E-state index contributed by atoms with van der Waals surface area (Å²) in [4.78, 5) is 18.8. The molecule has 0 aromatic carbocycles. The molecular formula is C14H22N6O3. The smallest absolute Gasteiger partial charge is 0.329 e. The monoisotopic (exact) mass is 322 g/mol. The molecule has 126 valence electrons. The van der Waals surface area contributed by atoms with E-state index in [4.69, 9.17) is 10.5 Å². The zero-order valence-corrected chi connectivity index (χ0v) is 13.1. The molecule has 0 bridgehead atoms. The van der Waals surface area contributed by atoms with Crippen molar-refractivity contribution in [2.24, 2.45) is 0 Å². The Morgan fingerprint density at radius 1 is 1.30 bits per heavy atom. The maximum absolute atomic E-state index is 10.9. The second-order valence-electron chi connectivity index (χ2n) is 5.90. The van der Waals surface area contributed by atoms with Gasteiger partial charge in [0.15, 0.2) is 0 Å². The van der Waals surface area contributed by atoms with Crippen molar-refractivity contribution < 1.29 is 9.66 Å². The molecule has 2 heterocycles. The predicted octanol–water partition coefficient (Wildman–Crippen LogP) is 1.35. The summed E-state index contributed by atoms with van der Waals surface area (Å²) in [7, 11) is 0. The lowest BCUT2D eigenvalue weighted by Crippen LogP contribution is -2.54. The van der Waals surface area contributed by atoms with Crippen molar-refractivity contribution in [3.63, 3.8) is 0 Å². The molecule has 2 aliphatic rings. The number of anilines is 2. The normalized spacial score (nSPS) is 20.3. The van der Waals surface area contributed by atoms with Gasteiger partial charge in [-0.1, -0.05) is 19.3 Å². The summed E-state index contributed by atoms with van der Waals surface area (Å²) < 4.78 is 5.42. The minimum atomic E-state index is -0.557. The number of nitrogens with zero attached hydrogens (tertiary/aromatic N) is 5. The van der Waals surface area contributed by atoms with Crippen LogP contribution in [0.4, 0.5) is 17.5 Å². The molecule has 9 nitrogen and oxygen atoms in total. The van der Waals surface area contributed by atoms with Crippen molar-refractivity contribution in [3.8, 4) is 0 Å². The van der Waals surface area contributed by atoms with E-state index in [2.05, 4.69) is 20.0 Å². The van der Waals surface area contributed by atoms with Crippen molar-refractivity contribution in [2.45, 2.75) is 38.1 Å². The lowest BCUT2D eigenvalue weighted by molar-refractivity contribution is -0.384. The van der Waals surface area contributed by atoms with E-state index in [0.29, 0.717) is 25.2 Å². The second kappa shape index (κ2) is 7.05. The summed E-state index contributed by atoms with van der Waals surface area (Å²) in [6.07, 6.45) is 6.93. The first-order valence-corrected chi connectivity index (χ1v) is 8.05. The van der Waals surface area contributed by atoms with Gasteiger partial charge in [-0.2, -0.15) is 4.98 Å². The van der Waals surface area contributed by atoms with Gasteiger partial charge in [0.05, 0.1) is 18.1 Å².